The summed E-state index contributed by atoms with van der Waals surface area (Å²) >= 11 is 1.52. The van der Waals surface area contributed by atoms with Crippen molar-refractivity contribution < 1.29 is 13.3 Å². The number of nitrogens with zero attached hydrogens (tertiary/aromatic N) is 2. The molecule has 25 heavy (non-hydrogen) atoms. The van der Waals surface area contributed by atoms with Gasteiger partial charge in [0.15, 0.2) is 9.84 Å². The van der Waals surface area contributed by atoms with Gasteiger partial charge in [-0.15, -0.1) is 11.3 Å². The average molecular weight is 375 g/mol. The van der Waals surface area contributed by atoms with Gasteiger partial charge < -0.3 is 5.32 Å². The van der Waals surface area contributed by atoms with Gasteiger partial charge in [-0.3, -0.25) is 10.1 Å². The van der Waals surface area contributed by atoms with E-state index in [1.165, 1.54) is 23.5 Å². The number of sulfone groups is 1. The molecule has 9 heteroatoms. The average Bonchev–Trinajstić information content (AvgIpc) is 3.09. The van der Waals surface area contributed by atoms with Crippen LogP contribution in [-0.4, -0.2) is 24.6 Å². The molecule has 128 valence electrons. The molecule has 1 heterocycles. The molecule has 0 bridgehead atoms. The van der Waals surface area contributed by atoms with Crippen molar-refractivity contribution in [2.75, 3.05) is 11.6 Å². The van der Waals surface area contributed by atoms with Crippen LogP contribution in [0, 0.1) is 10.1 Å². The first-order valence-corrected chi connectivity index (χ1v) is 9.87. The molecule has 1 aromatic heterocycles. The van der Waals surface area contributed by atoms with E-state index in [1.807, 2.05) is 17.5 Å². The minimum absolute atomic E-state index is 0.0936. The first kappa shape index (κ1) is 17.1. The SMILES string of the molecule is CS(=O)(=O)c1ccc(Nc2ccc(-c3nccs3)cc2)c([N+](=O)[O-])c1. The van der Waals surface area contributed by atoms with Crippen molar-refractivity contribution in [1.82, 2.24) is 4.98 Å². The van der Waals surface area contributed by atoms with Crippen molar-refractivity contribution in [1.29, 1.82) is 0 Å². The number of nitro benzene ring substituents is 1. The highest BCUT2D eigenvalue weighted by Crippen LogP contribution is 2.31. The predicted molar refractivity (Wildman–Crippen MR) is 97.0 cm³/mol. The molecule has 0 atom stereocenters. The van der Waals surface area contributed by atoms with Crippen LogP contribution >= 0.6 is 11.3 Å². The van der Waals surface area contributed by atoms with Crippen LogP contribution in [0.4, 0.5) is 17.1 Å². The fourth-order valence-electron chi connectivity index (χ4n) is 2.22. The van der Waals surface area contributed by atoms with E-state index in [4.69, 9.17) is 0 Å². The standard InChI is InChI=1S/C16H13N3O4S2/c1-25(22,23)13-6-7-14(15(10-13)19(20)21)18-12-4-2-11(3-5-12)16-17-8-9-24-16/h2-10,18H,1H3. The predicted octanol–water partition coefficient (Wildman–Crippen LogP) is 3.87. The minimum Gasteiger partial charge on any atom is -0.350 e. The molecule has 3 aromatic rings. The van der Waals surface area contributed by atoms with E-state index in [0.29, 0.717) is 5.69 Å². The van der Waals surface area contributed by atoms with E-state index in [-0.39, 0.29) is 16.3 Å². The molecular formula is C16H13N3O4S2. The van der Waals surface area contributed by atoms with Crippen molar-refractivity contribution in [3.8, 4) is 10.6 Å². The molecule has 1 N–H and O–H groups in total. The highest BCUT2D eigenvalue weighted by Gasteiger charge is 2.18. The Morgan fingerprint density at radius 2 is 1.88 bits per heavy atom. The van der Waals surface area contributed by atoms with Crippen LogP contribution in [0.25, 0.3) is 10.6 Å². The van der Waals surface area contributed by atoms with Crippen LogP contribution in [0.1, 0.15) is 0 Å². The van der Waals surface area contributed by atoms with Crippen molar-refractivity contribution >= 4 is 38.2 Å². The van der Waals surface area contributed by atoms with E-state index in [2.05, 4.69) is 10.3 Å². The minimum atomic E-state index is -3.52. The van der Waals surface area contributed by atoms with E-state index in [0.717, 1.165) is 22.9 Å². The van der Waals surface area contributed by atoms with E-state index in [1.54, 1.807) is 18.3 Å². The molecule has 0 saturated carbocycles. The lowest BCUT2D eigenvalue weighted by Gasteiger charge is -2.09. The van der Waals surface area contributed by atoms with Gasteiger partial charge in [0.1, 0.15) is 10.7 Å². The Balaban J connectivity index is 1.91. The number of rotatable bonds is 5. The van der Waals surface area contributed by atoms with Gasteiger partial charge in [0, 0.05) is 35.1 Å². The molecule has 0 aliphatic rings. The highest BCUT2D eigenvalue weighted by molar-refractivity contribution is 7.90. The molecule has 3 rings (SSSR count). The summed E-state index contributed by atoms with van der Waals surface area (Å²) in [5.74, 6) is 0. The largest absolute Gasteiger partial charge is 0.350 e. The normalized spacial score (nSPS) is 11.2. The van der Waals surface area contributed by atoms with Crippen molar-refractivity contribution in [3.63, 3.8) is 0 Å². The molecule has 0 saturated heterocycles. The second-order valence-electron chi connectivity index (χ2n) is 5.25. The van der Waals surface area contributed by atoms with Crippen LogP contribution in [0.15, 0.2) is 58.9 Å². The van der Waals surface area contributed by atoms with E-state index >= 15 is 0 Å². The third kappa shape index (κ3) is 3.83. The molecule has 0 aliphatic heterocycles. The summed E-state index contributed by atoms with van der Waals surface area (Å²) in [6.07, 6.45) is 2.73. The first-order valence-electron chi connectivity index (χ1n) is 7.10. The lowest BCUT2D eigenvalue weighted by atomic mass is 10.2. The number of nitrogens with one attached hydrogen (secondary N) is 1. The summed E-state index contributed by atoms with van der Waals surface area (Å²) in [6, 6.07) is 11.1. The zero-order valence-corrected chi connectivity index (χ0v) is 14.7. The summed E-state index contributed by atoms with van der Waals surface area (Å²) < 4.78 is 23.2. The fraction of sp³-hybridized carbons (Fsp3) is 0.0625. The van der Waals surface area contributed by atoms with E-state index in [9.17, 15) is 18.5 Å². The molecule has 2 aromatic carbocycles. The maximum Gasteiger partial charge on any atom is 0.293 e. The van der Waals surface area contributed by atoms with Crippen LogP contribution in [0.2, 0.25) is 0 Å². The van der Waals surface area contributed by atoms with Gasteiger partial charge >= 0.3 is 0 Å². The Morgan fingerprint density at radius 1 is 1.16 bits per heavy atom. The molecule has 0 fully saturated rings. The van der Waals surface area contributed by atoms with Gasteiger partial charge in [0.05, 0.1) is 9.82 Å². The molecule has 0 radical (unpaired) electrons. The summed E-state index contributed by atoms with van der Waals surface area (Å²) in [6.45, 7) is 0. The second-order valence-corrected chi connectivity index (χ2v) is 8.16. The fourth-order valence-corrected chi connectivity index (χ4v) is 3.50. The number of anilines is 2. The molecule has 7 nitrogen and oxygen atoms in total. The number of nitro groups is 1. The molecular weight excluding hydrogens is 362 g/mol. The van der Waals surface area contributed by atoms with Crippen molar-refractivity contribution in [3.05, 3.63) is 64.2 Å². The Kier molecular flexibility index (Phi) is 4.51. The van der Waals surface area contributed by atoms with Gasteiger partial charge in [-0.05, 0) is 36.4 Å². The van der Waals surface area contributed by atoms with Gasteiger partial charge in [-0.25, -0.2) is 13.4 Å². The van der Waals surface area contributed by atoms with Gasteiger partial charge in [-0.2, -0.15) is 0 Å². The molecule has 0 spiro atoms. The smallest absolute Gasteiger partial charge is 0.293 e. The van der Waals surface area contributed by atoms with Crippen LogP contribution < -0.4 is 5.32 Å². The maximum absolute atomic E-state index is 11.6. The summed E-state index contributed by atoms with van der Waals surface area (Å²) in [7, 11) is -3.52. The summed E-state index contributed by atoms with van der Waals surface area (Å²) in [5.41, 5.74) is 1.52. The number of benzene rings is 2. The maximum atomic E-state index is 11.6. The van der Waals surface area contributed by atoms with Crippen LogP contribution in [-0.2, 0) is 9.84 Å². The van der Waals surface area contributed by atoms with Crippen molar-refractivity contribution in [2.24, 2.45) is 0 Å². The summed E-state index contributed by atoms with van der Waals surface area (Å²) in [5, 5.41) is 17.0. The third-order valence-electron chi connectivity index (χ3n) is 3.44. The lowest BCUT2D eigenvalue weighted by Crippen LogP contribution is -2.02. The van der Waals surface area contributed by atoms with Crippen LogP contribution in [0.5, 0.6) is 0 Å². The van der Waals surface area contributed by atoms with E-state index < -0.39 is 14.8 Å². The Labute approximate surface area is 148 Å². The Morgan fingerprint density at radius 3 is 2.44 bits per heavy atom. The quantitative estimate of drug-likeness (QED) is 0.536. The van der Waals surface area contributed by atoms with Gasteiger partial charge in [0.25, 0.3) is 5.69 Å². The third-order valence-corrected chi connectivity index (χ3v) is 5.37. The number of thiazole rings is 1. The Hall–Kier alpha value is -2.78. The molecule has 0 amide bonds. The van der Waals surface area contributed by atoms with Gasteiger partial charge in [0.2, 0.25) is 0 Å². The Bertz CT molecular complexity index is 1010. The monoisotopic (exact) mass is 375 g/mol. The summed E-state index contributed by atoms with van der Waals surface area (Å²) in [4.78, 5) is 14.8. The van der Waals surface area contributed by atoms with Crippen LogP contribution in [0.3, 0.4) is 0 Å². The molecule has 0 unspecified atom stereocenters. The number of aromatic nitrogens is 1. The van der Waals surface area contributed by atoms with Crippen molar-refractivity contribution in [2.45, 2.75) is 4.90 Å². The number of hydrogen-bond acceptors (Lipinski definition) is 7. The lowest BCUT2D eigenvalue weighted by molar-refractivity contribution is -0.384. The zero-order chi connectivity index (χ0) is 18.0. The topological polar surface area (TPSA) is 102 Å². The highest BCUT2D eigenvalue weighted by atomic mass is 32.2. The second kappa shape index (κ2) is 6.61. The molecule has 0 aliphatic carbocycles. The number of hydrogen-bond donors (Lipinski definition) is 1. The zero-order valence-electron chi connectivity index (χ0n) is 13.0. The first-order chi connectivity index (χ1) is 11.8. The van der Waals surface area contributed by atoms with Gasteiger partial charge in [-0.1, -0.05) is 0 Å².